The first-order valence-corrected chi connectivity index (χ1v) is 6.01. The molecule has 0 aromatic rings. The Morgan fingerprint density at radius 1 is 1.22 bits per heavy atom. The van der Waals surface area contributed by atoms with Gasteiger partial charge in [0.25, 0.3) is 0 Å². The first-order chi connectivity index (χ1) is 8.52. The molecule has 102 valence electrons. The molecular formula is C12H20N2O4. The standard InChI is InChI=1S/C12H20N2O4/c1-9(10(2)12(16)17)11(15)13-3-4-14-5-7-18-8-6-14/h3-8H2,1-2H3,(H,13,15)(H,16,17). The number of hydrogen-bond acceptors (Lipinski definition) is 4. The Bertz CT molecular complexity index is 346. The summed E-state index contributed by atoms with van der Waals surface area (Å²) < 4.78 is 5.22. The summed E-state index contributed by atoms with van der Waals surface area (Å²) in [5.41, 5.74) is 0.336. The van der Waals surface area contributed by atoms with E-state index in [1.165, 1.54) is 13.8 Å². The van der Waals surface area contributed by atoms with Crippen molar-refractivity contribution in [3.05, 3.63) is 11.1 Å². The van der Waals surface area contributed by atoms with E-state index in [-0.39, 0.29) is 17.1 Å². The van der Waals surface area contributed by atoms with Crippen LogP contribution in [0.25, 0.3) is 0 Å². The highest BCUT2D eigenvalue weighted by atomic mass is 16.5. The molecule has 6 heteroatoms. The molecule has 0 spiro atoms. The number of carboxylic acids is 1. The molecular weight excluding hydrogens is 236 g/mol. The first kappa shape index (κ1) is 14.7. The molecule has 1 amide bonds. The van der Waals surface area contributed by atoms with Gasteiger partial charge in [0, 0.05) is 37.3 Å². The summed E-state index contributed by atoms with van der Waals surface area (Å²) in [5.74, 6) is -1.38. The van der Waals surface area contributed by atoms with E-state index in [1.54, 1.807) is 0 Å². The summed E-state index contributed by atoms with van der Waals surface area (Å²) in [5, 5.41) is 11.5. The van der Waals surface area contributed by atoms with E-state index in [4.69, 9.17) is 9.84 Å². The van der Waals surface area contributed by atoms with E-state index in [1.807, 2.05) is 0 Å². The number of carbonyl (C=O) groups excluding carboxylic acids is 1. The Balaban J connectivity index is 2.32. The molecule has 0 saturated carbocycles. The zero-order chi connectivity index (χ0) is 13.5. The van der Waals surface area contributed by atoms with Crippen molar-refractivity contribution in [1.29, 1.82) is 0 Å². The van der Waals surface area contributed by atoms with Gasteiger partial charge in [0.05, 0.1) is 13.2 Å². The molecule has 1 fully saturated rings. The fraction of sp³-hybridized carbons (Fsp3) is 0.667. The van der Waals surface area contributed by atoms with Crippen molar-refractivity contribution in [3.63, 3.8) is 0 Å². The van der Waals surface area contributed by atoms with Crippen LogP contribution in [0.4, 0.5) is 0 Å². The minimum absolute atomic E-state index is 0.0823. The van der Waals surface area contributed by atoms with Crippen molar-refractivity contribution in [3.8, 4) is 0 Å². The first-order valence-electron chi connectivity index (χ1n) is 6.01. The van der Waals surface area contributed by atoms with E-state index in [9.17, 15) is 9.59 Å². The molecule has 0 unspecified atom stereocenters. The number of hydrogen-bond donors (Lipinski definition) is 2. The van der Waals surface area contributed by atoms with Gasteiger partial charge in [-0.1, -0.05) is 0 Å². The number of carboxylic acid groups (broad SMARTS) is 1. The van der Waals surface area contributed by atoms with Crippen molar-refractivity contribution >= 4 is 11.9 Å². The lowest BCUT2D eigenvalue weighted by Crippen LogP contribution is -2.41. The van der Waals surface area contributed by atoms with Gasteiger partial charge in [0.2, 0.25) is 5.91 Å². The fourth-order valence-corrected chi connectivity index (χ4v) is 1.62. The number of nitrogens with one attached hydrogen (secondary N) is 1. The predicted octanol–water partition coefficient (Wildman–Crippen LogP) is -0.144. The maximum atomic E-state index is 11.7. The number of nitrogens with zero attached hydrogens (tertiary/aromatic N) is 1. The predicted molar refractivity (Wildman–Crippen MR) is 66.3 cm³/mol. The molecule has 18 heavy (non-hydrogen) atoms. The second-order valence-electron chi connectivity index (χ2n) is 4.27. The molecule has 0 atom stereocenters. The maximum Gasteiger partial charge on any atom is 0.331 e. The number of morpholine rings is 1. The van der Waals surface area contributed by atoms with Crippen LogP contribution in [0.5, 0.6) is 0 Å². The maximum absolute atomic E-state index is 11.7. The van der Waals surface area contributed by atoms with Crippen LogP contribution >= 0.6 is 0 Å². The SMILES string of the molecule is CC(C(=O)O)=C(C)C(=O)NCCN1CCOCC1. The smallest absolute Gasteiger partial charge is 0.331 e. The van der Waals surface area contributed by atoms with E-state index < -0.39 is 5.97 Å². The van der Waals surface area contributed by atoms with E-state index in [0.717, 1.165) is 32.8 Å². The summed E-state index contributed by atoms with van der Waals surface area (Å²) in [6.07, 6.45) is 0. The van der Waals surface area contributed by atoms with Crippen molar-refractivity contribution in [2.24, 2.45) is 0 Å². The van der Waals surface area contributed by atoms with Gasteiger partial charge in [-0.3, -0.25) is 9.69 Å². The third kappa shape index (κ3) is 4.46. The lowest BCUT2D eigenvalue weighted by molar-refractivity contribution is -0.133. The third-order valence-corrected chi connectivity index (χ3v) is 3.04. The molecule has 0 aliphatic carbocycles. The molecule has 0 radical (unpaired) electrons. The van der Waals surface area contributed by atoms with Crippen LogP contribution < -0.4 is 5.32 Å². The summed E-state index contributed by atoms with van der Waals surface area (Å²) in [4.78, 5) is 24.6. The molecule has 0 bridgehead atoms. The fourth-order valence-electron chi connectivity index (χ4n) is 1.62. The second kappa shape index (κ2) is 7.13. The Hall–Kier alpha value is -1.40. The van der Waals surface area contributed by atoms with Gasteiger partial charge in [0.1, 0.15) is 0 Å². The molecule has 1 heterocycles. The van der Waals surface area contributed by atoms with Crippen LogP contribution in [0, 0.1) is 0 Å². The number of carbonyl (C=O) groups is 2. The van der Waals surface area contributed by atoms with Crippen LogP contribution in [0.2, 0.25) is 0 Å². The summed E-state index contributed by atoms with van der Waals surface area (Å²) >= 11 is 0. The molecule has 6 nitrogen and oxygen atoms in total. The normalized spacial score (nSPS) is 18.1. The molecule has 1 aliphatic rings. The van der Waals surface area contributed by atoms with Crippen molar-refractivity contribution in [1.82, 2.24) is 10.2 Å². The highest BCUT2D eigenvalue weighted by Crippen LogP contribution is 2.03. The summed E-state index contributed by atoms with van der Waals surface area (Å²) in [6, 6.07) is 0. The van der Waals surface area contributed by atoms with Gasteiger partial charge >= 0.3 is 5.97 Å². The Morgan fingerprint density at radius 3 is 2.39 bits per heavy atom. The number of ether oxygens (including phenoxy) is 1. The zero-order valence-electron chi connectivity index (χ0n) is 10.9. The Kier molecular flexibility index (Phi) is 5.80. The number of amides is 1. The van der Waals surface area contributed by atoms with Gasteiger partial charge in [0.15, 0.2) is 0 Å². The van der Waals surface area contributed by atoms with Crippen molar-refractivity contribution in [2.45, 2.75) is 13.8 Å². The molecule has 0 aromatic heterocycles. The molecule has 2 N–H and O–H groups in total. The molecule has 0 aromatic carbocycles. The monoisotopic (exact) mass is 256 g/mol. The molecule has 1 saturated heterocycles. The van der Waals surface area contributed by atoms with Gasteiger partial charge in [-0.2, -0.15) is 0 Å². The minimum atomic E-state index is -1.06. The largest absolute Gasteiger partial charge is 0.478 e. The minimum Gasteiger partial charge on any atom is -0.478 e. The van der Waals surface area contributed by atoms with Gasteiger partial charge in [-0.25, -0.2) is 4.79 Å². The highest BCUT2D eigenvalue weighted by Gasteiger charge is 2.13. The number of aliphatic carboxylic acids is 1. The van der Waals surface area contributed by atoms with E-state index in [0.29, 0.717) is 6.54 Å². The van der Waals surface area contributed by atoms with Crippen LogP contribution in [-0.2, 0) is 14.3 Å². The average molecular weight is 256 g/mol. The Morgan fingerprint density at radius 2 is 1.83 bits per heavy atom. The second-order valence-corrected chi connectivity index (χ2v) is 4.27. The summed E-state index contributed by atoms with van der Waals surface area (Å²) in [6.45, 7) is 7.43. The zero-order valence-corrected chi connectivity index (χ0v) is 10.9. The van der Waals surface area contributed by atoms with Crippen LogP contribution in [-0.4, -0.2) is 61.3 Å². The van der Waals surface area contributed by atoms with Gasteiger partial charge in [-0.15, -0.1) is 0 Å². The van der Waals surface area contributed by atoms with E-state index in [2.05, 4.69) is 10.2 Å². The van der Waals surface area contributed by atoms with Crippen LogP contribution in [0.15, 0.2) is 11.1 Å². The van der Waals surface area contributed by atoms with Crippen molar-refractivity contribution < 1.29 is 19.4 Å². The lowest BCUT2D eigenvalue weighted by Gasteiger charge is -2.26. The van der Waals surface area contributed by atoms with E-state index >= 15 is 0 Å². The summed E-state index contributed by atoms with van der Waals surface area (Å²) in [7, 11) is 0. The average Bonchev–Trinajstić information content (AvgIpc) is 2.38. The Labute approximate surface area is 107 Å². The van der Waals surface area contributed by atoms with Gasteiger partial charge in [-0.05, 0) is 13.8 Å². The van der Waals surface area contributed by atoms with Gasteiger partial charge < -0.3 is 15.2 Å². The molecule has 1 rings (SSSR count). The molecule has 1 aliphatic heterocycles. The lowest BCUT2D eigenvalue weighted by atomic mass is 10.1. The quantitative estimate of drug-likeness (QED) is 0.669. The van der Waals surface area contributed by atoms with Crippen molar-refractivity contribution in [2.75, 3.05) is 39.4 Å². The van der Waals surface area contributed by atoms with Crippen LogP contribution in [0.3, 0.4) is 0 Å². The number of rotatable bonds is 5. The van der Waals surface area contributed by atoms with Crippen LogP contribution in [0.1, 0.15) is 13.8 Å². The third-order valence-electron chi connectivity index (χ3n) is 3.04. The topological polar surface area (TPSA) is 78.9 Å². The highest BCUT2D eigenvalue weighted by molar-refractivity contribution is 6.01.